The van der Waals surface area contributed by atoms with Crippen molar-refractivity contribution in [2.45, 2.75) is 273 Å². The molecule has 32 heteroatoms. The molecule has 1 spiro atoms. The fourth-order valence-electron chi connectivity index (χ4n) is 18.0. The van der Waals surface area contributed by atoms with Gasteiger partial charge in [-0.25, -0.2) is 0 Å². The highest BCUT2D eigenvalue weighted by Crippen LogP contribution is 2.50. The van der Waals surface area contributed by atoms with Gasteiger partial charge in [-0.15, -0.1) is 11.6 Å². The first-order valence-corrected chi connectivity index (χ1v) is 39.8. The molecule has 2 saturated heterocycles. The Bertz CT molecular complexity index is 3270. The first kappa shape index (κ1) is 89.4. The number of halogens is 7. The second-order valence-corrected chi connectivity index (χ2v) is 33.8. The van der Waals surface area contributed by atoms with Crippen LogP contribution in [0.25, 0.3) is 0 Å². The molecule has 7 aliphatic rings. The molecular weight excluding hydrogens is 1450 g/mol. The van der Waals surface area contributed by atoms with E-state index in [1.165, 1.54) is 80.9 Å². The Balaban J connectivity index is 1.33. The van der Waals surface area contributed by atoms with Crippen molar-refractivity contribution in [3.8, 4) is 0 Å². The maximum Gasteiger partial charge on any atom is 0.393 e. The SMILES string of the molecule is CCC[C@H]1C(=O)N[C@@H](C2CCCCC2)C(=O)N(C)CC(=O)N(C)[C@H]2C/C=C\CCN(C2=O)[C@@H](CC2CCC(C(F)(F)F)CC2)C(=O)N(C)CC(=O)N[C@@H](CCC2CCC(C(F)(F)F)C(Cl)C2)C(=O)N2C[C@H](OCC)C[C@H]2C(=O)NC2(CC(C)(C)C2)C(=O)N(C)[C@@H]([C@@H](C)CC)C(=O)N(C)[C@H](C(=O)N(C)C)CC(=O)N1C. The van der Waals surface area contributed by atoms with E-state index in [2.05, 4.69) is 16.0 Å². The van der Waals surface area contributed by atoms with Crippen LogP contribution >= 0.6 is 11.6 Å². The standard InChI is InChI=1S/C77H121ClF6N12O13/c1-15-24-55-65(100)86-63(49-25-20-18-21-26-49)71(106)90(10)43-62(99)92(12)56-27-22-19-23-36-95(70(56)105)59(38-48-28-32-50(33-29-48)76(79,80)81)69(104)89(9)42-60(97)85-54(35-31-47-30-34-52(53(78)37-47)77(82,83)84)67(102)96-41-51(109-17-3)39-57(96)66(101)87-75(44-74(5,6)45-75)73(108)94(14)64(46(4)16-2)72(107)93(13)58(68(103)88(7)8)40-61(98)91(55)11/h19,22,46-59,63-64H,15-18,20-21,23-45H2,1-14H3,(H,85,97)(H,86,100)(H,87,101)/b22-19-/t46-,47?,48?,50?,51+,52?,53?,54-,55-,56-,57-,58-,59-,63-,64-/m0/s1. The number of nitrogens with one attached hydrogen (secondary N) is 3. The number of hydrogen-bond acceptors (Lipinski definition) is 13. The number of fused-ring (bicyclic) bond motifs is 3. The van der Waals surface area contributed by atoms with Gasteiger partial charge < -0.3 is 64.8 Å². The molecule has 0 aromatic rings. The highest BCUT2D eigenvalue weighted by Gasteiger charge is 2.59. The first-order chi connectivity index (χ1) is 51.0. The number of likely N-dealkylation sites (N-methyl/N-ethyl adjacent to an activating group) is 7. The molecule has 25 nitrogen and oxygen atoms in total. The second kappa shape index (κ2) is 38.2. The van der Waals surface area contributed by atoms with Crippen LogP contribution in [0.5, 0.6) is 0 Å². The fourth-order valence-corrected chi connectivity index (χ4v) is 18.5. The normalized spacial score (nSPS) is 31.7. The van der Waals surface area contributed by atoms with Crippen LogP contribution in [0.2, 0.25) is 0 Å². The average molecular weight is 1570 g/mol. The summed E-state index contributed by atoms with van der Waals surface area (Å²) in [7, 11) is 11.1. The van der Waals surface area contributed by atoms with Crippen molar-refractivity contribution >= 4 is 82.5 Å². The van der Waals surface area contributed by atoms with Crippen molar-refractivity contribution in [3.63, 3.8) is 0 Å². The molecule has 0 aromatic heterocycles. The molecule has 2 bridgehead atoms. The van der Waals surface area contributed by atoms with Crippen LogP contribution in [-0.2, 0) is 62.3 Å². The Morgan fingerprint density at radius 3 is 1.86 bits per heavy atom. The zero-order valence-electron chi connectivity index (χ0n) is 66.4. The highest BCUT2D eigenvalue weighted by atomic mass is 35.5. The summed E-state index contributed by atoms with van der Waals surface area (Å²) in [5, 5.41) is 7.45. The number of carbonyl (C=O) groups excluding carboxylic acids is 12. The molecule has 3 N–H and O–H groups in total. The Morgan fingerprint density at radius 2 is 1.28 bits per heavy atom. The van der Waals surface area contributed by atoms with Crippen LogP contribution < -0.4 is 16.0 Å². The number of alkyl halides is 7. The maximum atomic E-state index is 15.7. The summed E-state index contributed by atoms with van der Waals surface area (Å²) in [6.45, 7) is 9.26. The van der Waals surface area contributed by atoms with Crippen molar-refractivity contribution in [3.05, 3.63) is 12.2 Å². The first-order valence-electron chi connectivity index (χ1n) is 39.3. The van der Waals surface area contributed by atoms with E-state index < -0.39 is 209 Å². The molecule has 109 heavy (non-hydrogen) atoms. The van der Waals surface area contributed by atoms with Gasteiger partial charge in [0.25, 0.3) is 0 Å². The predicted octanol–water partition coefficient (Wildman–Crippen LogP) is 7.45. The largest absolute Gasteiger partial charge is 0.393 e. The summed E-state index contributed by atoms with van der Waals surface area (Å²) >= 11 is 6.44. The molecule has 13 atom stereocenters. The lowest BCUT2D eigenvalue weighted by molar-refractivity contribution is -0.184. The molecule has 7 rings (SSSR count). The lowest BCUT2D eigenvalue weighted by Gasteiger charge is -2.54. The Labute approximate surface area is 644 Å². The third-order valence-corrected chi connectivity index (χ3v) is 24.9. The fraction of sp³-hybridized carbons (Fsp3) is 0.818. The van der Waals surface area contributed by atoms with Gasteiger partial charge in [-0.3, -0.25) is 57.5 Å². The molecule has 3 aliphatic heterocycles. The van der Waals surface area contributed by atoms with E-state index in [-0.39, 0.29) is 122 Å². The number of hydrogen-bond donors (Lipinski definition) is 3. The smallest absolute Gasteiger partial charge is 0.377 e. The van der Waals surface area contributed by atoms with E-state index >= 15 is 33.6 Å². The minimum atomic E-state index is -4.58. The van der Waals surface area contributed by atoms with Gasteiger partial charge in [0.05, 0.1) is 37.5 Å². The van der Waals surface area contributed by atoms with Gasteiger partial charge in [-0.2, -0.15) is 26.3 Å². The lowest BCUT2D eigenvalue weighted by Crippen LogP contribution is -2.71. The average Bonchev–Trinajstić information content (AvgIpc) is 1.37. The minimum absolute atomic E-state index is 0.0356. The number of carbonyl (C=O) groups is 12. The molecule has 4 aliphatic carbocycles. The molecule has 0 radical (unpaired) electrons. The third kappa shape index (κ3) is 22.1. The van der Waals surface area contributed by atoms with E-state index in [9.17, 15) is 50.3 Å². The summed E-state index contributed by atoms with van der Waals surface area (Å²) < 4.78 is 91.0. The number of nitrogens with zero attached hydrogens (tertiary/aromatic N) is 9. The third-order valence-electron chi connectivity index (χ3n) is 24.4. The number of ether oxygens (including phenoxy) is 1. The van der Waals surface area contributed by atoms with Crippen molar-refractivity contribution in [2.24, 2.45) is 40.9 Å². The van der Waals surface area contributed by atoms with Crippen molar-refractivity contribution < 1.29 is 88.6 Å². The van der Waals surface area contributed by atoms with E-state index in [0.717, 1.165) is 38.9 Å². The van der Waals surface area contributed by atoms with Crippen molar-refractivity contribution in [2.75, 3.05) is 89.2 Å². The zero-order chi connectivity index (χ0) is 81.1. The van der Waals surface area contributed by atoms with Gasteiger partial charge in [-0.1, -0.05) is 78.9 Å². The van der Waals surface area contributed by atoms with Crippen LogP contribution in [0, 0.1) is 40.9 Å². The summed E-state index contributed by atoms with van der Waals surface area (Å²) in [6, 6.07) is -10.9. The summed E-state index contributed by atoms with van der Waals surface area (Å²) in [5.74, 6) is -14.3. The Morgan fingerprint density at radius 1 is 0.651 bits per heavy atom. The van der Waals surface area contributed by atoms with E-state index in [4.69, 9.17) is 16.3 Å². The minimum Gasteiger partial charge on any atom is -0.377 e. The molecule has 4 saturated carbocycles. The van der Waals surface area contributed by atoms with Crippen LogP contribution in [-0.4, -0.2) is 282 Å². The van der Waals surface area contributed by atoms with Crippen LogP contribution in [0.4, 0.5) is 26.3 Å². The molecular formula is C77H121ClF6N12O13. The second-order valence-electron chi connectivity index (χ2n) is 33.2. The van der Waals surface area contributed by atoms with E-state index in [0.29, 0.717) is 25.7 Å². The molecule has 0 aromatic carbocycles. The van der Waals surface area contributed by atoms with Gasteiger partial charge >= 0.3 is 12.4 Å². The number of rotatable bonds is 13. The van der Waals surface area contributed by atoms with Crippen molar-refractivity contribution in [1.82, 2.24) is 60.0 Å². The molecule has 3 unspecified atom stereocenters. The van der Waals surface area contributed by atoms with Gasteiger partial charge in [0.1, 0.15) is 53.9 Å². The summed E-state index contributed by atoms with van der Waals surface area (Å²) in [5.41, 5.74) is -2.28. The van der Waals surface area contributed by atoms with Gasteiger partial charge in [0, 0.05) is 87.9 Å². The molecule has 3 heterocycles. The van der Waals surface area contributed by atoms with Gasteiger partial charge in [0.15, 0.2) is 0 Å². The molecule has 6 fully saturated rings. The summed E-state index contributed by atoms with van der Waals surface area (Å²) in [6.07, 6.45) is -3.77. The highest BCUT2D eigenvalue weighted by molar-refractivity contribution is 6.21. The van der Waals surface area contributed by atoms with E-state index in [1.807, 2.05) is 13.8 Å². The van der Waals surface area contributed by atoms with Gasteiger partial charge in [0.2, 0.25) is 70.9 Å². The van der Waals surface area contributed by atoms with Crippen molar-refractivity contribution in [1.29, 1.82) is 0 Å². The predicted molar refractivity (Wildman–Crippen MR) is 395 cm³/mol. The molecule has 616 valence electrons. The van der Waals surface area contributed by atoms with Crippen LogP contribution in [0.1, 0.15) is 196 Å². The van der Waals surface area contributed by atoms with E-state index in [1.54, 1.807) is 39.8 Å². The quantitative estimate of drug-likeness (QED) is 0.0919. The van der Waals surface area contributed by atoms with Gasteiger partial charge in [-0.05, 0) is 145 Å². The Hall–Kier alpha value is -6.79. The summed E-state index contributed by atoms with van der Waals surface area (Å²) in [4.78, 5) is 193. The maximum absolute atomic E-state index is 15.7. The van der Waals surface area contributed by atoms with Crippen LogP contribution in [0.15, 0.2) is 12.2 Å². The number of amides is 12. The van der Waals surface area contributed by atoms with Crippen LogP contribution in [0.3, 0.4) is 0 Å². The topological polar surface area (TPSA) is 279 Å². The monoisotopic (exact) mass is 1570 g/mol. The Kier molecular flexibility index (Phi) is 31.3. The molecule has 12 amide bonds. The zero-order valence-corrected chi connectivity index (χ0v) is 67.1. The lowest BCUT2D eigenvalue weighted by atomic mass is 9.58.